The first kappa shape index (κ1) is 10.4. The third kappa shape index (κ3) is 2.16. The van der Waals surface area contributed by atoms with Crippen LogP contribution in [-0.4, -0.2) is 13.1 Å². The van der Waals surface area contributed by atoms with Gasteiger partial charge in [-0.3, -0.25) is 0 Å². The average molecular weight is 262 g/mol. The van der Waals surface area contributed by atoms with Crippen LogP contribution in [0.25, 0.3) is 0 Å². The zero-order valence-corrected chi connectivity index (χ0v) is 9.35. The van der Waals surface area contributed by atoms with Crippen molar-refractivity contribution in [1.29, 1.82) is 0 Å². The number of esters is 1. The molecular weight excluding hydrogens is 254 g/mol. The van der Waals surface area contributed by atoms with Crippen molar-refractivity contribution in [1.82, 2.24) is 0 Å². The Hall–Kier alpha value is -0.680. The summed E-state index contributed by atoms with van der Waals surface area (Å²) < 4.78 is 5.22. The van der Waals surface area contributed by atoms with Gasteiger partial charge in [-0.1, -0.05) is 0 Å². The molecule has 0 unspecified atom stereocenters. The summed E-state index contributed by atoms with van der Waals surface area (Å²) in [7, 11) is 1.32. The molecule has 0 aromatic heterocycles. The van der Waals surface area contributed by atoms with Gasteiger partial charge in [0.25, 0.3) is 0 Å². The Labute approximate surface area is 89.8 Å². The second-order valence-corrected chi connectivity index (χ2v) is 3.69. The Morgan fingerprint density at radius 1 is 1.62 bits per heavy atom. The van der Waals surface area contributed by atoms with Crippen LogP contribution in [0.1, 0.15) is 10.4 Å². The van der Waals surface area contributed by atoms with E-state index >= 15 is 0 Å². The third-order valence-corrected chi connectivity index (χ3v) is 2.94. The number of anilines is 1. The summed E-state index contributed by atoms with van der Waals surface area (Å²) in [6, 6.07) is 3.14. The quantitative estimate of drug-likeness (QED) is 0.463. The van der Waals surface area contributed by atoms with Gasteiger partial charge in [-0.2, -0.15) is 0 Å². The Balaban J connectivity index is 3.20. The van der Waals surface area contributed by atoms with Crippen LogP contribution in [0.15, 0.2) is 21.5 Å². The van der Waals surface area contributed by atoms with E-state index < -0.39 is 5.97 Å². The SMILES string of the molecule is COC(=O)c1cc(N)c(S)c(Br)c1. The van der Waals surface area contributed by atoms with Gasteiger partial charge in [0, 0.05) is 15.1 Å². The van der Waals surface area contributed by atoms with E-state index in [9.17, 15) is 4.79 Å². The predicted molar refractivity (Wildman–Crippen MR) is 57.1 cm³/mol. The molecule has 0 saturated heterocycles. The smallest absolute Gasteiger partial charge is 0.337 e. The average Bonchev–Trinajstić information content (AvgIpc) is 2.12. The Morgan fingerprint density at radius 2 is 2.23 bits per heavy atom. The van der Waals surface area contributed by atoms with Crippen LogP contribution < -0.4 is 5.73 Å². The van der Waals surface area contributed by atoms with Gasteiger partial charge in [-0.15, -0.1) is 12.6 Å². The number of carbonyl (C=O) groups excluding carboxylic acids is 1. The summed E-state index contributed by atoms with van der Waals surface area (Å²) in [6.07, 6.45) is 0. The van der Waals surface area contributed by atoms with Crippen molar-refractivity contribution < 1.29 is 9.53 Å². The van der Waals surface area contributed by atoms with E-state index in [1.807, 2.05) is 0 Å². The van der Waals surface area contributed by atoms with E-state index in [0.29, 0.717) is 20.6 Å². The van der Waals surface area contributed by atoms with E-state index in [2.05, 4.69) is 33.3 Å². The van der Waals surface area contributed by atoms with Crippen molar-refractivity contribution in [2.24, 2.45) is 0 Å². The van der Waals surface area contributed by atoms with Crippen LogP contribution in [0.4, 0.5) is 5.69 Å². The molecule has 0 aliphatic heterocycles. The maximum Gasteiger partial charge on any atom is 0.337 e. The second-order valence-electron chi connectivity index (χ2n) is 2.39. The Morgan fingerprint density at radius 3 is 2.69 bits per heavy atom. The van der Waals surface area contributed by atoms with Crippen LogP contribution in [0.3, 0.4) is 0 Å². The number of nitrogen functional groups attached to an aromatic ring is 1. The van der Waals surface area contributed by atoms with Gasteiger partial charge in [0.1, 0.15) is 0 Å². The predicted octanol–water partition coefficient (Wildman–Crippen LogP) is 2.11. The van der Waals surface area contributed by atoms with E-state index in [1.165, 1.54) is 13.2 Å². The van der Waals surface area contributed by atoms with Crippen LogP contribution in [0, 0.1) is 0 Å². The van der Waals surface area contributed by atoms with Crippen LogP contribution >= 0.6 is 28.6 Å². The molecule has 0 fully saturated rings. The molecule has 1 rings (SSSR count). The molecule has 5 heteroatoms. The fraction of sp³-hybridized carbons (Fsp3) is 0.125. The van der Waals surface area contributed by atoms with Crippen molar-refractivity contribution in [3.05, 3.63) is 22.2 Å². The maximum absolute atomic E-state index is 11.1. The van der Waals surface area contributed by atoms with Gasteiger partial charge < -0.3 is 10.5 Å². The lowest BCUT2D eigenvalue weighted by atomic mass is 10.2. The van der Waals surface area contributed by atoms with Gasteiger partial charge in [0.15, 0.2) is 0 Å². The number of hydrogen-bond acceptors (Lipinski definition) is 4. The number of benzene rings is 1. The molecule has 2 N–H and O–H groups in total. The van der Waals surface area contributed by atoms with Crippen LogP contribution in [-0.2, 0) is 4.74 Å². The number of carbonyl (C=O) groups is 1. The summed E-state index contributed by atoms with van der Waals surface area (Å²) >= 11 is 7.36. The molecular formula is C8H8BrNO2S. The van der Waals surface area contributed by atoms with E-state index in [4.69, 9.17) is 5.73 Å². The number of methoxy groups -OCH3 is 1. The van der Waals surface area contributed by atoms with E-state index in [0.717, 1.165) is 0 Å². The molecule has 0 atom stereocenters. The molecule has 3 nitrogen and oxygen atoms in total. The number of hydrogen-bond donors (Lipinski definition) is 2. The second kappa shape index (κ2) is 4.02. The molecule has 13 heavy (non-hydrogen) atoms. The lowest BCUT2D eigenvalue weighted by Gasteiger charge is -2.05. The minimum atomic E-state index is -0.416. The minimum absolute atomic E-state index is 0.407. The van der Waals surface area contributed by atoms with E-state index in [-0.39, 0.29) is 0 Å². The molecule has 0 aliphatic carbocycles. The highest BCUT2D eigenvalue weighted by atomic mass is 79.9. The lowest BCUT2D eigenvalue weighted by Crippen LogP contribution is -2.02. The number of ether oxygens (including phenoxy) is 1. The minimum Gasteiger partial charge on any atom is -0.465 e. The molecule has 1 aromatic rings. The zero-order chi connectivity index (χ0) is 10.0. The summed E-state index contributed by atoms with van der Waals surface area (Å²) in [5.41, 5.74) is 6.45. The van der Waals surface area contributed by atoms with E-state index in [1.54, 1.807) is 6.07 Å². The molecule has 0 heterocycles. The highest BCUT2D eigenvalue weighted by Gasteiger charge is 2.09. The van der Waals surface area contributed by atoms with Crippen molar-refractivity contribution >= 4 is 40.2 Å². The third-order valence-electron chi connectivity index (χ3n) is 1.51. The van der Waals surface area contributed by atoms with Crippen molar-refractivity contribution in [2.45, 2.75) is 4.90 Å². The molecule has 0 amide bonds. The number of thiol groups is 1. The molecule has 0 spiro atoms. The monoisotopic (exact) mass is 261 g/mol. The summed E-state index contributed by atoms with van der Waals surface area (Å²) in [5.74, 6) is -0.416. The van der Waals surface area contributed by atoms with Gasteiger partial charge in [-0.25, -0.2) is 4.79 Å². The van der Waals surface area contributed by atoms with Crippen molar-refractivity contribution in [3.63, 3.8) is 0 Å². The number of rotatable bonds is 1. The Bertz CT molecular complexity index is 331. The number of halogens is 1. The standard InChI is InChI=1S/C8H8BrNO2S/c1-12-8(11)4-2-5(9)7(13)6(10)3-4/h2-3,13H,10H2,1H3. The highest BCUT2D eigenvalue weighted by Crippen LogP contribution is 2.28. The van der Waals surface area contributed by atoms with Gasteiger partial charge in [0.2, 0.25) is 0 Å². The van der Waals surface area contributed by atoms with Crippen LogP contribution in [0.5, 0.6) is 0 Å². The van der Waals surface area contributed by atoms with Crippen molar-refractivity contribution in [3.8, 4) is 0 Å². The first-order valence-electron chi connectivity index (χ1n) is 3.42. The summed E-state index contributed by atoms with van der Waals surface area (Å²) in [6.45, 7) is 0. The first-order valence-corrected chi connectivity index (χ1v) is 4.66. The molecule has 1 aromatic carbocycles. The summed E-state index contributed by atoms with van der Waals surface area (Å²) in [4.78, 5) is 11.7. The maximum atomic E-state index is 11.1. The van der Waals surface area contributed by atoms with Gasteiger partial charge in [-0.05, 0) is 28.1 Å². The normalized spacial score (nSPS) is 9.77. The fourth-order valence-corrected chi connectivity index (χ4v) is 1.46. The topological polar surface area (TPSA) is 52.3 Å². The lowest BCUT2D eigenvalue weighted by molar-refractivity contribution is 0.0600. The molecule has 0 bridgehead atoms. The fourth-order valence-electron chi connectivity index (χ4n) is 0.856. The van der Waals surface area contributed by atoms with Crippen LogP contribution in [0.2, 0.25) is 0 Å². The van der Waals surface area contributed by atoms with Gasteiger partial charge >= 0.3 is 5.97 Å². The Kier molecular flexibility index (Phi) is 3.22. The molecule has 0 saturated carbocycles. The molecule has 0 radical (unpaired) electrons. The highest BCUT2D eigenvalue weighted by molar-refractivity contribution is 9.10. The largest absolute Gasteiger partial charge is 0.465 e. The summed E-state index contributed by atoms with van der Waals surface area (Å²) in [5, 5.41) is 0. The number of nitrogens with two attached hydrogens (primary N) is 1. The molecule has 0 aliphatic rings. The first-order chi connectivity index (χ1) is 6.06. The van der Waals surface area contributed by atoms with Crippen molar-refractivity contribution in [2.75, 3.05) is 12.8 Å². The molecule has 70 valence electrons. The van der Waals surface area contributed by atoms with Gasteiger partial charge in [0.05, 0.1) is 12.7 Å². The zero-order valence-electron chi connectivity index (χ0n) is 6.87.